The number of carbonyl (C=O) groups excluding carboxylic acids is 2. The Morgan fingerprint density at radius 3 is 2.44 bits per heavy atom. The van der Waals surface area contributed by atoms with Crippen LogP contribution in [0.3, 0.4) is 0 Å². The van der Waals surface area contributed by atoms with Crippen LogP contribution in [-0.2, 0) is 33.6 Å². The monoisotopic (exact) mass is 781 g/mol. The number of benzene rings is 2. The molecule has 3 aromatic rings. The van der Waals surface area contributed by atoms with E-state index >= 15 is 0 Å². The molecule has 6 aliphatic rings. The summed E-state index contributed by atoms with van der Waals surface area (Å²) in [4.78, 5) is 47.8. The molecule has 13 nitrogen and oxygen atoms in total. The zero-order chi connectivity index (χ0) is 39.3. The van der Waals surface area contributed by atoms with E-state index in [4.69, 9.17) is 28.9 Å². The second kappa shape index (κ2) is 15.4. The van der Waals surface area contributed by atoms with Crippen LogP contribution in [0.5, 0.6) is 6.01 Å². The van der Waals surface area contributed by atoms with Gasteiger partial charge in [-0.15, -0.1) is 0 Å². The number of anilines is 2. The number of hydrogen-bond donors (Lipinski definition) is 0. The number of ether oxygens (including phenoxy) is 4. The van der Waals surface area contributed by atoms with Gasteiger partial charge in [-0.1, -0.05) is 37.3 Å². The lowest BCUT2D eigenvalue weighted by Crippen LogP contribution is -2.57. The van der Waals surface area contributed by atoms with Crippen molar-refractivity contribution in [2.75, 3.05) is 75.5 Å². The summed E-state index contributed by atoms with van der Waals surface area (Å²) < 4.78 is 23.9. The summed E-state index contributed by atoms with van der Waals surface area (Å²) in [5, 5.41) is 2.58. The lowest BCUT2D eigenvalue weighted by atomic mass is 9.95. The first kappa shape index (κ1) is 38.2. The van der Waals surface area contributed by atoms with Crippen LogP contribution in [0.4, 0.5) is 21.1 Å². The van der Waals surface area contributed by atoms with Crippen molar-refractivity contribution in [3.63, 3.8) is 0 Å². The van der Waals surface area contributed by atoms with E-state index in [9.17, 15) is 9.59 Å². The molecule has 7 heterocycles. The highest BCUT2D eigenvalue weighted by Crippen LogP contribution is 2.44. The van der Waals surface area contributed by atoms with E-state index < -0.39 is 5.60 Å². The molecule has 57 heavy (non-hydrogen) atoms. The van der Waals surface area contributed by atoms with Crippen molar-refractivity contribution in [1.82, 2.24) is 24.7 Å². The molecule has 1 aromatic heterocycles. The van der Waals surface area contributed by atoms with E-state index in [0.717, 1.165) is 76.0 Å². The summed E-state index contributed by atoms with van der Waals surface area (Å²) in [6.45, 7) is 15.1. The first-order valence-corrected chi connectivity index (χ1v) is 21.4. The fourth-order valence-electron chi connectivity index (χ4n) is 10.6. The van der Waals surface area contributed by atoms with E-state index in [1.54, 1.807) is 4.90 Å². The van der Waals surface area contributed by atoms with Gasteiger partial charge in [0, 0.05) is 55.4 Å². The molecular weight excluding hydrogens is 723 g/mol. The number of rotatable bonds is 8. The van der Waals surface area contributed by atoms with Gasteiger partial charge in [0.2, 0.25) is 0 Å². The molecule has 5 fully saturated rings. The van der Waals surface area contributed by atoms with Crippen LogP contribution in [0.25, 0.3) is 10.8 Å². The normalized spacial score (nSPS) is 26.1. The SMILES string of the molecule is CCc1cccc2cccc(N3CCc4c(nc(OC[C@]56CCCN5[C@@H](COC(=O)N5CCOCC5)CC6)nc4N4C[C@H]5CC[C@@H](C4)N5C(=O)OC(C)(C)C)C3)c12. The number of nitrogens with zero attached hydrogens (tertiary/aromatic N) is 7. The van der Waals surface area contributed by atoms with E-state index in [2.05, 4.69) is 58.0 Å². The van der Waals surface area contributed by atoms with Crippen LogP contribution in [0, 0.1) is 0 Å². The fraction of sp³-hybridized carbons (Fsp3) is 0.636. The van der Waals surface area contributed by atoms with Crippen LogP contribution in [0.15, 0.2) is 36.4 Å². The molecule has 0 radical (unpaired) electrons. The van der Waals surface area contributed by atoms with Crippen molar-refractivity contribution in [2.24, 2.45) is 0 Å². The minimum absolute atomic E-state index is 0.0653. The Morgan fingerprint density at radius 2 is 1.68 bits per heavy atom. The number of carbonyl (C=O) groups is 2. The molecular formula is C44H59N7O6. The highest BCUT2D eigenvalue weighted by Gasteiger charge is 2.51. The number of morpholine rings is 1. The van der Waals surface area contributed by atoms with Gasteiger partial charge in [-0.05, 0) is 95.7 Å². The summed E-state index contributed by atoms with van der Waals surface area (Å²) in [7, 11) is 0. The average Bonchev–Trinajstić information content (AvgIpc) is 3.87. The number of hydrogen-bond acceptors (Lipinski definition) is 11. The highest BCUT2D eigenvalue weighted by atomic mass is 16.6. The van der Waals surface area contributed by atoms with Crippen LogP contribution in [0.1, 0.15) is 83.0 Å². The van der Waals surface area contributed by atoms with Crippen LogP contribution < -0.4 is 14.5 Å². The molecule has 5 saturated heterocycles. The Bertz CT molecular complexity index is 1960. The van der Waals surface area contributed by atoms with Gasteiger partial charge in [-0.25, -0.2) is 9.59 Å². The molecule has 0 unspecified atom stereocenters. The van der Waals surface area contributed by atoms with Gasteiger partial charge in [-0.3, -0.25) is 9.80 Å². The quantitative estimate of drug-likeness (QED) is 0.261. The Kier molecular flexibility index (Phi) is 10.3. The lowest BCUT2D eigenvalue weighted by molar-refractivity contribution is 0.0120. The van der Waals surface area contributed by atoms with Gasteiger partial charge in [0.25, 0.3) is 0 Å². The van der Waals surface area contributed by atoms with Crippen molar-refractivity contribution in [2.45, 2.75) is 115 Å². The van der Waals surface area contributed by atoms with Crippen LogP contribution >= 0.6 is 0 Å². The Labute approximate surface area is 336 Å². The summed E-state index contributed by atoms with van der Waals surface area (Å²) in [6.07, 6.45) is 7.28. The minimum Gasteiger partial charge on any atom is -0.461 e. The number of piperazine rings is 1. The first-order valence-electron chi connectivity index (χ1n) is 21.4. The summed E-state index contributed by atoms with van der Waals surface area (Å²) >= 11 is 0. The zero-order valence-corrected chi connectivity index (χ0v) is 34.2. The molecule has 9 rings (SSSR count). The molecule has 2 amide bonds. The fourth-order valence-corrected chi connectivity index (χ4v) is 10.6. The van der Waals surface area contributed by atoms with Crippen molar-refractivity contribution in [1.29, 1.82) is 0 Å². The number of amides is 2. The van der Waals surface area contributed by atoms with Crippen molar-refractivity contribution in [3.8, 4) is 6.01 Å². The Hall–Kier alpha value is -4.36. The third-order valence-electron chi connectivity index (χ3n) is 13.3. The Morgan fingerprint density at radius 1 is 0.912 bits per heavy atom. The van der Waals surface area contributed by atoms with Gasteiger partial charge >= 0.3 is 18.2 Å². The molecule has 2 bridgehead atoms. The van der Waals surface area contributed by atoms with Gasteiger partial charge in [-0.2, -0.15) is 9.97 Å². The topological polar surface area (TPSA) is 113 Å². The molecule has 13 heteroatoms. The standard InChI is InChI=1S/C44H59N7O6/c1-5-30-9-6-10-31-11-7-12-37(38(30)31)48-20-16-35-36(27-48)45-40(46-39(35)49-25-32-13-14-33(26-49)51(32)42(53)57-43(2,3)4)56-29-44-17-8-19-50(44)34(15-18-44)28-55-41(52)47-21-23-54-24-22-47/h6-7,9-12,32-34H,5,8,13-29H2,1-4H3/t32-,33+,34-,44-/m1/s1. The minimum atomic E-state index is -0.541. The maximum Gasteiger partial charge on any atom is 0.410 e. The van der Waals surface area contributed by atoms with Gasteiger partial charge in [0.1, 0.15) is 24.6 Å². The number of fused-ring (bicyclic) bond motifs is 5. The average molecular weight is 782 g/mol. The number of aryl methyl sites for hydroxylation is 1. The van der Waals surface area contributed by atoms with E-state index in [0.29, 0.717) is 65.2 Å². The predicted octanol–water partition coefficient (Wildman–Crippen LogP) is 6.19. The third-order valence-corrected chi connectivity index (χ3v) is 13.3. The van der Waals surface area contributed by atoms with Crippen molar-refractivity contribution in [3.05, 3.63) is 53.2 Å². The molecule has 6 aliphatic heterocycles. The smallest absolute Gasteiger partial charge is 0.410 e. The Balaban J connectivity index is 0.977. The largest absolute Gasteiger partial charge is 0.461 e. The van der Waals surface area contributed by atoms with Gasteiger partial charge < -0.3 is 33.6 Å². The molecule has 0 N–H and O–H groups in total. The molecule has 0 aliphatic carbocycles. The maximum absolute atomic E-state index is 13.4. The van der Waals surface area contributed by atoms with E-state index in [1.165, 1.54) is 27.6 Å². The predicted molar refractivity (Wildman–Crippen MR) is 218 cm³/mol. The van der Waals surface area contributed by atoms with Crippen molar-refractivity contribution < 1.29 is 28.5 Å². The summed E-state index contributed by atoms with van der Waals surface area (Å²) in [5.41, 5.74) is 4.11. The van der Waals surface area contributed by atoms with Crippen molar-refractivity contribution >= 4 is 34.5 Å². The maximum atomic E-state index is 13.4. The van der Waals surface area contributed by atoms with E-state index in [-0.39, 0.29) is 35.9 Å². The van der Waals surface area contributed by atoms with Crippen LogP contribution in [0.2, 0.25) is 0 Å². The second-order valence-electron chi connectivity index (χ2n) is 17.9. The van der Waals surface area contributed by atoms with Gasteiger partial charge in [0.15, 0.2) is 0 Å². The zero-order valence-electron chi connectivity index (χ0n) is 34.2. The third kappa shape index (κ3) is 7.46. The molecule has 0 spiro atoms. The first-order chi connectivity index (χ1) is 27.6. The summed E-state index contributed by atoms with van der Waals surface area (Å²) in [5.74, 6) is 0.947. The van der Waals surface area contributed by atoms with Gasteiger partial charge in [0.05, 0.1) is 43.1 Å². The van der Waals surface area contributed by atoms with Crippen LogP contribution in [-0.4, -0.2) is 132 Å². The molecule has 306 valence electrons. The second-order valence-corrected chi connectivity index (χ2v) is 17.9. The molecule has 0 saturated carbocycles. The summed E-state index contributed by atoms with van der Waals surface area (Å²) in [6, 6.07) is 14.0. The molecule has 2 aromatic carbocycles. The van der Waals surface area contributed by atoms with E-state index in [1.807, 2.05) is 25.7 Å². The highest BCUT2D eigenvalue weighted by molar-refractivity contribution is 5.97. The number of aromatic nitrogens is 2. The molecule has 4 atom stereocenters. The lowest BCUT2D eigenvalue weighted by Gasteiger charge is -2.43.